The van der Waals surface area contributed by atoms with Gasteiger partial charge in [-0.25, -0.2) is 4.79 Å². The molecule has 4 heteroatoms. The van der Waals surface area contributed by atoms with Gasteiger partial charge in [0.2, 0.25) is 0 Å². The summed E-state index contributed by atoms with van der Waals surface area (Å²) in [4.78, 5) is 14.8. The quantitative estimate of drug-likeness (QED) is 0.491. The van der Waals surface area contributed by atoms with E-state index < -0.39 is 5.54 Å². The fraction of sp³-hybridized carbons (Fsp3) is 0.400. The van der Waals surface area contributed by atoms with Crippen molar-refractivity contribution in [3.8, 4) is 0 Å². The third-order valence-corrected chi connectivity index (χ3v) is 4.50. The molecular formula is C25H33NO3. The second kappa shape index (κ2) is 10.8. The third-order valence-electron chi connectivity index (χ3n) is 4.50. The summed E-state index contributed by atoms with van der Waals surface area (Å²) in [7, 11) is 0. The van der Waals surface area contributed by atoms with Crippen LogP contribution in [0.1, 0.15) is 45.2 Å². The van der Waals surface area contributed by atoms with Gasteiger partial charge in [-0.2, -0.15) is 0 Å². The Labute approximate surface area is 175 Å². The number of hydrogen-bond acceptors (Lipinski definition) is 3. The number of amides is 1. The third kappa shape index (κ3) is 7.74. The van der Waals surface area contributed by atoms with Crippen LogP contribution in [0.25, 0.3) is 0 Å². The lowest BCUT2D eigenvalue weighted by Gasteiger charge is -2.41. The number of ether oxygens (including phenoxy) is 2. The van der Waals surface area contributed by atoms with Crippen LogP contribution in [0.5, 0.6) is 0 Å². The highest BCUT2D eigenvalue weighted by molar-refractivity contribution is 5.69. The Morgan fingerprint density at radius 3 is 1.97 bits per heavy atom. The van der Waals surface area contributed by atoms with Gasteiger partial charge in [0.15, 0.2) is 0 Å². The van der Waals surface area contributed by atoms with Crippen molar-refractivity contribution >= 4 is 6.09 Å². The van der Waals surface area contributed by atoms with E-state index in [2.05, 4.69) is 6.58 Å². The van der Waals surface area contributed by atoms with Crippen LogP contribution < -0.4 is 0 Å². The van der Waals surface area contributed by atoms with Gasteiger partial charge in [0.25, 0.3) is 0 Å². The van der Waals surface area contributed by atoms with Crippen molar-refractivity contribution in [2.45, 2.75) is 58.9 Å². The largest absolute Gasteiger partial charge is 0.445 e. The van der Waals surface area contributed by atoms with Gasteiger partial charge >= 0.3 is 6.09 Å². The van der Waals surface area contributed by atoms with Crippen LogP contribution in [-0.4, -0.2) is 29.2 Å². The van der Waals surface area contributed by atoms with Crippen LogP contribution in [0.2, 0.25) is 0 Å². The lowest BCUT2D eigenvalue weighted by atomic mass is 10.00. The number of nitrogens with zero attached hydrogens (tertiary/aromatic N) is 1. The molecule has 156 valence electrons. The van der Waals surface area contributed by atoms with Gasteiger partial charge < -0.3 is 9.47 Å². The predicted molar refractivity (Wildman–Crippen MR) is 118 cm³/mol. The van der Waals surface area contributed by atoms with Crippen molar-refractivity contribution < 1.29 is 14.3 Å². The maximum Gasteiger partial charge on any atom is 0.410 e. The molecule has 0 bridgehead atoms. The van der Waals surface area contributed by atoms with Crippen LogP contribution in [0.4, 0.5) is 4.79 Å². The van der Waals surface area contributed by atoms with Crippen molar-refractivity contribution in [2.24, 2.45) is 0 Å². The zero-order valence-corrected chi connectivity index (χ0v) is 18.1. The highest BCUT2D eigenvalue weighted by Crippen LogP contribution is 2.23. The van der Waals surface area contributed by atoms with Crippen LogP contribution in [0.15, 0.2) is 72.8 Å². The van der Waals surface area contributed by atoms with Crippen molar-refractivity contribution in [1.29, 1.82) is 0 Å². The molecule has 4 nitrogen and oxygen atoms in total. The van der Waals surface area contributed by atoms with E-state index in [-0.39, 0.29) is 18.7 Å². The van der Waals surface area contributed by atoms with Gasteiger partial charge in [0.1, 0.15) is 6.61 Å². The van der Waals surface area contributed by atoms with Gasteiger partial charge in [-0.1, -0.05) is 66.2 Å². The zero-order chi connectivity index (χ0) is 21.3. The summed E-state index contributed by atoms with van der Waals surface area (Å²) in [6.07, 6.45) is 0.322. The summed E-state index contributed by atoms with van der Waals surface area (Å²) in [5.74, 6) is 0. The Kier molecular flexibility index (Phi) is 8.47. The topological polar surface area (TPSA) is 38.8 Å². The predicted octanol–water partition coefficient (Wildman–Crippen LogP) is 5.98. The van der Waals surface area contributed by atoms with Crippen LogP contribution in [0, 0.1) is 0 Å². The minimum atomic E-state index is -0.413. The molecule has 0 aliphatic rings. The van der Waals surface area contributed by atoms with Crippen LogP contribution in [0.3, 0.4) is 0 Å². The monoisotopic (exact) mass is 395 g/mol. The minimum absolute atomic E-state index is 0.153. The fourth-order valence-electron chi connectivity index (χ4n) is 3.27. The second-order valence-electron chi connectivity index (χ2n) is 8.40. The standard InChI is InChI=1S/C25H33NO3/c1-20(2)16-23(19-28-17-21-12-8-6-9-13-21)26(25(3,4)5)24(27)29-18-22-14-10-7-11-15-22/h6-15,23H,1,16-19H2,2-5H3. The number of carbonyl (C=O) groups excluding carboxylic acids is 1. The van der Waals surface area contributed by atoms with Crippen molar-refractivity contribution in [2.75, 3.05) is 6.61 Å². The molecule has 0 aliphatic carbocycles. The molecule has 29 heavy (non-hydrogen) atoms. The molecule has 2 aromatic rings. The smallest absolute Gasteiger partial charge is 0.410 e. The molecule has 0 saturated carbocycles. The normalized spacial score (nSPS) is 12.3. The molecule has 2 aromatic carbocycles. The van der Waals surface area contributed by atoms with E-state index in [1.807, 2.05) is 88.4 Å². The first kappa shape index (κ1) is 22.7. The van der Waals surface area contributed by atoms with E-state index >= 15 is 0 Å². The summed E-state index contributed by atoms with van der Waals surface area (Å²) in [5, 5.41) is 0. The van der Waals surface area contributed by atoms with Gasteiger partial charge in [0, 0.05) is 5.54 Å². The molecule has 0 aliphatic heterocycles. The zero-order valence-electron chi connectivity index (χ0n) is 18.1. The van der Waals surface area contributed by atoms with E-state index in [9.17, 15) is 4.79 Å². The molecule has 2 rings (SSSR count). The first-order valence-corrected chi connectivity index (χ1v) is 10.0. The molecule has 0 fully saturated rings. The Balaban J connectivity index is 2.08. The summed E-state index contributed by atoms with van der Waals surface area (Å²) >= 11 is 0. The summed E-state index contributed by atoms with van der Waals surface area (Å²) in [5.41, 5.74) is 2.66. The molecule has 0 radical (unpaired) electrons. The number of carbonyl (C=O) groups is 1. The number of hydrogen-bond donors (Lipinski definition) is 0. The first-order valence-electron chi connectivity index (χ1n) is 10.0. The van der Waals surface area contributed by atoms with E-state index in [1.165, 1.54) is 0 Å². The average molecular weight is 396 g/mol. The Morgan fingerprint density at radius 2 is 1.48 bits per heavy atom. The summed E-state index contributed by atoms with van der Waals surface area (Å²) < 4.78 is 11.6. The lowest BCUT2D eigenvalue weighted by molar-refractivity contribution is 0.00107. The van der Waals surface area contributed by atoms with E-state index in [1.54, 1.807) is 4.90 Å². The Bertz CT molecular complexity index is 766. The van der Waals surface area contributed by atoms with Gasteiger partial charge in [0.05, 0.1) is 19.3 Å². The SMILES string of the molecule is C=C(C)CC(COCc1ccccc1)N(C(=O)OCc1ccccc1)C(C)(C)C. The molecule has 0 heterocycles. The molecule has 0 aromatic heterocycles. The van der Waals surface area contributed by atoms with E-state index in [0.29, 0.717) is 19.6 Å². The van der Waals surface area contributed by atoms with Gasteiger partial charge in [-0.05, 0) is 45.2 Å². The molecule has 0 N–H and O–H groups in total. The summed E-state index contributed by atoms with van der Waals surface area (Å²) in [6, 6.07) is 19.6. The second-order valence-corrected chi connectivity index (χ2v) is 8.40. The molecule has 1 amide bonds. The van der Waals surface area contributed by atoms with Crippen molar-refractivity contribution in [1.82, 2.24) is 4.90 Å². The highest BCUT2D eigenvalue weighted by atomic mass is 16.6. The van der Waals surface area contributed by atoms with Crippen LogP contribution in [-0.2, 0) is 22.7 Å². The lowest BCUT2D eigenvalue weighted by Crippen LogP contribution is -2.53. The Morgan fingerprint density at radius 1 is 0.966 bits per heavy atom. The molecule has 0 spiro atoms. The first-order chi connectivity index (χ1) is 13.8. The minimum Gasteiger partial charge on any atom is -0.445 e. The van der Waals surface area contributed by atoms with E-state index in [0.717, 1.165) is 16.7 Å². The van der Waals surface area contributed by atoms with Gasteiger partial charge in [-0.15, -0.1) is 6.58 Å². The highest BCUT2D eigenvalue weighted by Gasteiger charge is 2.34. The maximum atomic E-state index is 13.0. The maximum absolute atomic E-state index is 13.0. The Hall–Kier alpha value is -2.59. The van der Waals surface area contributed by atoms with Crippen molar-refractivity contribution in [3.63, 3.8) is 0 Å². The molecule has 1 unspecified atom stereocenters. The fourth-order valence-corrected chi connectivity index (χ4v) is 3.27. The van der Waals surface area contributed by atoms with Crippen molar-refractivity contribution in [3.05, 3.63) is 83.9 Å². The number of rotatable bonds is 9. The average Bonchev–Trinajstić information content (AvgIpc) is 2.66. The number of benzene rings is 2. The van der Waals surface area contributed by atoms with Crippen LogP contribution >= 0.6 is 0 Å². The van der Waals surface area contributed by atoms with E-state index in [4.69, 9.17) is 9.47 Å². The van der Waals surface area contributed by atoms with Gasteiger partial charge in [-0.3, -0.25) is 4.90 Å². The molecule has 1 atom stereocenters. The molecule has 0 saturated heterocycles. The molecular weight excluding hydrogens is 362 g/mol. The summed E-state index contributed by atoms with van der Waals surface area (Å²) in [6.45, 7) is 13.2.